The summed E-state index contributed by atoms with van der Waals surface area (Å²) in [5.41, 5.74) is -0.722. The zero-order chi connectivity index (χ0) is 16.7. The molecule has 0 spiro atoms. The van der Waals surface area contributed by atoms with Gasteiger partial charge >= 0.3 is 0 Å². The van der Waals surface area contributed by atoms with E-state index < -0.39 is 44.0 Å². The van der Waals surface area contributed by atoms with Gasteiger partial charge in [-0.25, -0.2) is 26.0 Å². The van der Waals surface area contributed by atoms with Crippen molar-refractivity contribution in [2.45, 2.75) is 11.8 Å². The predicted octanol–water partition coefficient (Wildman–Crippen LogP) is 4.01. The number of benzene rings is 2. The molecule has 0 aliphatic heterocycles. The standard InChI is InChI=1S/C13H8ClF4NO2S/c1-6-2-4-7(5-3-6)22(20,21)19-13-11(17)9(15)8(14)10(16)12(13)18/h2-5,19H,1H3. The van der Waals surface area contributed by atoms with Gasteiger partial charge < -0.3 is 0 Å². The fourth-order valence-corrected chi connectivity index (χ4v) is 2.83. The number of hydrogen-bond acceptors (Lipinski definition) is 2. The maximum absolute atomic E-state index is 13.6. The van der Waals surface area contributed by atoms with Gasteiger partial charge in [0.05, 0.1) is 4.90 Å². The van der Waals surface area contributed by atoms with Gasteiger partial charge in [-0.05, 0) is 19.1 Å². The molecule has 0 unspecified atom stereocenters. The number of aryl methyl sites for hydroxylation is 1. The van der Waals surface area contributed by atoms with E-state index in [-0.39, 0.29) is 4.90 Å². The molecule has 1 N–H and O–H groups in total. The van der Waals surface area contributed by atoms with Gasteiger partial charge in [-0.1, -0.05) is 29.3 Å². The summed E-state index contributed by atoms with van der Waals surface area (Å²) in [7, 11) is -4.43. The van der Waals surface area contributed by atoms with Crippen LogP contribution in [0.1, 0.15) is 5.56 Å². The first-order chi connectivity index (χ1) is 10.1. The third kappa shape index (κ3) is 2.89. The molecule has 0 fully saturated rings. The molecule has 2 rings (SSSR count). The molecule has 2 aromatic rings. The Morgan fingerprint density at radius 2 is 1.36 bits per heavy atom. The summed E-state index contributed by atoms with van der Waals surface area (Å²) in [6.07, 6.45) is 0. The van der Waals surface area contributed by atoms with Crippen LogP contribution in [0.15, 0.2) is 29.2 Å². The van der Waals surface area contributed by atoms with Gasteiger partial charge in [0.1, 0.15) is 10.7 Å². The topological polar surface area (TPSA) is 46.2 Å². The molecule has 118 valence electrons. The van der Waals surface area contributed by atoms with E-state index in [1.807, 2.05) is 0 Å². The Morgan fingerprint density at radius 1 is 0.909 bits per heavy atom. The SMILES string of the molecule is Cc1ccc(S(=O)(=O)Nc2c(F)c(F)c(Cl)c(F)c2F)cc1. The number of nitrogens with one attached hydrogen (secondary N) is 1. The molecular weight excluding hydrogens is 346 g/mol. The summed E-state index contributed by atoms with van der Waals surface area (Å²) >= 11 is 5.06. The number of rotatable bonds is 3. The van der Waals surface area contributed by atoms with E-state index >= 15 is 0 Å². The lowest BCUT2D eigenvalue weighted by molar-refractivity contribution is 0.460. The van der Waals surface area contributed by atoms with Gasteiger partial charge in [0.2, 0.25) is 0 Å². The number of hydrogen-bond donors (Lipinski definition) is 1. The third-order valence-corrected chi connectivity index (χ3v) is 4.47. The zero-order valence-electron chi connectivity index (χ0n) is 10.9. The second kappa shape index (κ2) is 5.77. The monoisotopic (exact) mass is 353 g/mol. The van der Waals surface area contributed by atoms with Crippen molar-refractivity contribution >= 4 is 27.3 Å². The van der Waals surface area contributed by atoms with Crippen LogP contribution in [0.3, 0.4) is 0 Å². The van der Waals surface area contributed by atoms with E-state index in [0.717, 1.165) is 5.56 Å². The van der Waals surface area contributed by atoms with Crippen molar-refractivity contribution in [1.29, 1.82) is 0 Å². The maximum Gasteiger partial charge on any atom is 0.262 e. The van der Waals surface area contributed by atoms with Crippen LogP contribution in [0, 0.1) is 30.2 Å². The number of sulfonamides is 1. The molecule has 0 amide bonds. The fraction of sp³-hybridized carbons (Fsp3) is 0.0769. The van der Waals surface area contributed by atoms with E-state index in [9.17, 15) is 26.0 Å². The largest absolute Gasteiger partial charge is 0.274 e. The highest BCUT2D eigenvalue weighted by atomic mass is 35.5. The van der Waals surface area contributed by atoms with Gasteiger partial charge in [-0.3, -0.25) is 4.72 Å². The molecule has 0 saturated heterocycles. The minimum absolute atomic E-state index is 0.326. The van der Waals surface area contributed by atoms with E-state index in [1.54, 1.807) is 6.92 Å². The van der Waals surface area contributed by atoms with Crippen molar-refractivity contribution in [3.8, 4) is 0 Å². The Labute approximate surface area is 128 Å². The van der Waals surface area contributed by atoms with Gasteiger partial charge in [0.25, 0.3) is 10.0 Å². The van der Waals surface area contributed by atoms with Crippen LogP contribution >= 0.6 is 11.6 Å². The van der Waals surface area contributed by atoms with Crippen molar-refractivity contribution in [3.63, 3.8) is 0 Å². The molecule has 0 saturated carbocycles. The highest BCUT2D eigenvalue weighted by Gasteiger charge is 2.27. The smallest absolute Gasteiger partial charge is 0.262 e. The fourth-order valence-electron chi connectivity index (χ4n) is 1.61. The molecule has 2 aromatic carbocycles. The third-order valence-electron chi connectivity index (χ3n) is 2.78. The minimum Gasteiger partial charge on any atom is -0.274 e. The molecule has 0 aliphatic carbocycles. The zero-order valence-corrected chi connectivity index (χ0v) is 12.5. The molecule has 0 atom stereocenters. The Bertz CT molecular complexity index is 809. The molecule has 0 radical (unpaired) electrons. The second-order valence-electron chi connectivity index (χ2n) is 4.36. The van der Waals surface area contributed by atoms with Crippen molar-refractivity contribution in [3.05, 3.63) is 58.1 Å². The van der Waals surface area contributed by atoms with Crippen LogP contribution in [0.5, 0.6) is 0 Å². The molecule has 0 aliphatic rings. The molecule has 0 bridgehead atoms. The minimum atomic E-state index is -4.43. The Balaban J connectivity index is 2.53. The van der Waals surface area contributed by atoms with Crippen molar-refractivity contribution in [2.75, 3.05) is 4.72 Å². The second-order valence-corrected chi connectivity index (χ2v) is 6.42. The average Bonchev–Trinajstić information content (AvgIpc) is 2.48. The predicted molar refractivity (Wildman–Crippen MR) is 73.3 cm³/mol. The van der Waals surface area contributed by atoms with Gasteiger partial charge in [0.15, 0.2) is 23.3 Å². The van der Waals surface area contributed by atoms with Crippen LogP contribution in [0.2, 0.25) is 5.02 Å². The first-order valence-electron chi connectivity index (χ1n) is 5.76. The summed E-state index contributed by atoms with van der Waals surface area (Å²) in [6, 6.07) is 5.25. The average molecular weight is 354 g/mol. The number of anilines is 1. The summed E-state index contributed by atoms with van der Waals surface area (Å²) < 4.78 is 79.4. The van der Waals surface area contributed by atoms with Gasteiger partial charge in [-0.2, -0.15) is 0 Å². The van der Waals surface area contributed by atoms with Crippen LogP contribution in [-0.4, -0.2) is 8.42 Å². The van der Waals surface area contributed by atoms with Gasteiger partial charge in [0, 0.05) is 0 Å². The van der Waals surface area contributed by atoms with Crippen molar-refractivity contribution in [1.82, 2.24) is 0 Å². The van der Waals surface area contributed by atoms with E-state index in [1.165, 1.54) is 29.0 Å². The van der Waals surface area contributed by atoms with E-state index in [2.05, 4.69) is 0 Å². The van der Waals surface area contributed by atoms with Gasteiger partial charge in [-0.15, -0.1) is 0 Å². The summed E-state index contributed by atoms with van der Waals surface area (Å²) in [4.78, 5) is -0.326. The number of halogens is 5. The molecular formula is C13H8ClF4NO2S. The molecule has 0 aromatic heterocycles. The summed E-state index contributed by atoms with van der Waals surface area (Å²) in [5, 5.41) is -1.40. The van der Waals surface area contributed by atoms with E-state index in [0.29, 0.717) is 0 Å². The lowest BCUT2D eigenvalue weighted by atomic mass is 10.2. The van der Waals surface area contributed by atoms with Crippen molar-refractivity contribution < 1.29 is 26.0 Å². The first-order valence-corrected chi connectivity index (χ1v) is 7.62. The van der Waals surface area contributed by atoms with Crippen LogP contribution in [0.4, 0.5) is 23.2 Å². The normalized spacial score (nSPS) is 11.5. The summed E-state index contributed by atoms with van der Waals surface area (Å²) in [6.45, 7) is 1.70. The van der Waals surface area contributed by atoms with Crippen molar-refractivity contribution in [2.24, 2.45) is 0 Å². The Kier molecular flexibility index (Phi) is 4.35. The van der Waals surface area contributed by atoms with Crippen LogP contribution < -0.4 is 4.72 Å². The highest BCUT2D eigenvalue weighted by molar-refractivity contribution is 7.92. The quantitative estimate of drug-likeness (QED) is 0.515. The molecule has 0 heterocycles. The summed E-state index contributed by atoms with van der Waals surface area (Å²) in [5.74, 6) is -7.64. The lowest BCUT2D eigenvalue weighted by Gasteiger charge is -2.12. The van der Waals surface area contributed by atoms with Crippen LogP contribution in [-0.2, 0) is 10.0 Å². The van der Waals surface area contributed by atoms with Crippen LogP contribution in [0.25, 0.3) is 0 Å². The molecule has 22 heavy (non-hydrogen) atoms. The lowest BCUT2D eigenvalue weighted by Crippen LogP contribution is -2.16. The van der Waals surface area contributed by atoms with E-state index in [4.69, 9.17) is 11.6 Å². The first kappa shape index (κ1) is 16.6. The molecule has 9 heteroatoms. The maximum atomic E-state index is 13.6. The Morgan fingerprint density at radius 3 is 1.82 bits per heavy atom. The Hall–Kier alpha value is -1.80. The highest BCUT2D eigenvalue weighted by Crippen LogP contribution is 2.32. The molecule has 3 nitrogen and oxygen atoms in total.